The third kappa shape index (κ3) is 2.63. The van der Waals surface area contributed by atoms with Crippen molar-refractivity contribution in [1.29, 1.82) is 0 Å². The van der Waals surface area contributed by atoms with Crippen molar-refractivity contribution < 1.29 is 14.3 Å². The summed E-state index contributed by atoms with van der Waals surface area (Å²) in [6.45, 7) is 4.02. The number of para-hydroxylation sites is 2. The van der Waals surface area contributed by atoms with E-state index in [4.69, 9.17) is 4.74 Å². The zero-order valence-electron chi connectivity index (χ0n) is 17.4. The number of carbonyl (C=O) groups excluding carboxylic acids is 2. The van der Waals surface area contributed by atoms with Crippen LogP contribution in [0.5, 0.6) is 5.75 Å². The number of aromatic nitrogens is 1. The van der Waals surface area contributed by atoms with Crippen LogP contribution in [-0.4, -0.2) is 52.3 Å². The van der Waals surface area contributed by atoms with Crippen LogP contribution in [0.1, 0.15) is 36.7 Å². The minimum atomic E-state index is -0.518. The summed E-state index contributed by atoms with van der Waals surface area (Å²) >= 11 is 0. The van der Waals surface area contributed by atoms with Gasteiger partial charge in [-0.3, -0.25) is 9.59 Å². The first-order chi connectivity index (χ1) is 14.5. The summed E-state index contributed by atoms with van der Waals surface area (Å²) in [5.41, 5.74) is 3.98. The van der Waals surface area contributed by atoms with Crippen LogP contribution in [0.3, 0.4) is 0 Å². The Balaban J connectivity index is 1.75. The number of hydrogen-bond acceptors (Lipinski definition) is 3. The second-order valence-electron chi connectivity index (χ2n) is 8.29. The van der Waals surface area contributed by atoms with E-state index in [1.807, 2.05) is 56.3 Å². The molecule has 2 amide bonds. The van der Waals surface area contributed by atoms with Crippen molar-refractivity contribution in [2.45, 2.75) is 38.4 Å². The average molecular weight is 403 g/mol. The molecule has 2 atom stereocenters. The van der Waals surface area contributed by atoms with Gasteiger partial charge in [0, 0.05) is 34.6 Å². The fraction of sp³-hybridized carbons (Fsp3) is 0.333. The van der Waals surface area contributed by atoms with E-state index >= 15 is 0 Å². The van der Waals surface area contributed by atoms with Gasteiger partial charge in [0.2, 0.25) is 11.8 Å². The lowest BCUT2D eigenvalue weighted by molar-refractivity contribution is -0.160. The van der Waals surface area contributed by atoms with E-state index in [0.717, 1.165) is 27.7 Å². The molecule has 6 nitrogen and oxygen atoms in total. The SMILES string of the molecule is COc1ccccc1[C@@H]1c2[nH]c3ccccc3c2C[C@H]2C(=O)N(C(C)C)CC(=O)N12. The van der Waals surface area contributed by atoms with Gasteiger partial charge in [-0.1, -0.05) is 36.4 Å². The number of rotatable bonds is 3. The largest absolute Gasteiger partial charge is 0.496 e. The monoisotopic (exact) mass is 403 g/mol. The van der Waals surface area contributed by atoms with E-state index in [9.17, 15) is 9.59 Å². The smallest absolute Gasteiger partial charge is 0.246 e. The lowest BCUT2D eigenvalue weighted by Crippen LogP contribution is -2.64. The lowest BCUT2D eigenvalue weighted by Gasteiger charge is -2.48. The summed E-state index contributed by atoms with van der Waals surface area (Å²) in [4.78, 5) is 33.8. The molecule has 6 heteroatoms. The topological polar surface area (TPSA) is 65.6 Å². The first-order valence-corrected chi connectivity index (χ1v) is 10.3. The van der Waals surface area contributed by atoms with Gasteiger partial charge in [0.25, 0.3) is 0 Å². The zero-order chi connectivity index (χ0) is 21.0. The fourth-order valence-corrected chi connectivity index (χ4v) is 4.94. The predicted molar refractivity (Wildman–Crippen MR) is 114 cm³/mol. The molecule has 0 unspecified atom stereocenters. The number of fused-ring (bicyclic) bond motifs is 4. The summed E-state index contributed by atoms with van der Waals surface area (Å²) in [5.74, 6) is 0.688. The van der Waals surface area contributed by atoms with Crippen LogP contribution in [0.25, 0.3) is 10.9 Å². The molecule has 0 aliphatic carbocycles. The number of H-pyrrole nitrogens is 1. The van der Waals surface area contributed by atoms with Gasteiger partial charge < -0.3 is 19.5 Å². The number of nitrogens with zero attached hydrogens (tertiary/aromatic N) is 2. The summed E-state index contributed by atoms with van der Waals surface area (Å²) < 4.78 is 5.64. The van der Waals surface area contributed by atoms with Gasteiger partial charge in [-0.2, -0.15) is 0 Å². The van der Waals surface area contributed by atoms with E-state index < -0.39 is 12.1 Å². The van der Waals surface area contributed by atoms with Crippen LogP contribution < -0.4 is 4.74 Å². The van der Waals surface area contributed by atoms with Crippen LogP contribution in [0.2, 0.25) is 0 Å². The number of ether oxygens (including phenoxy) is 1. The fourth-order valence-electron chi connectivity index (χ4n) is 4.94. The number of carbonyl (C=O) groups is 2. The molecule has 2 aromatic carbocycles. The molecule has 5 rings (SSSR count). The second-order valence-corrected chi connectivity index (χ2v) is 8.29. The van der Waals surface area contributed by atoms with Gasteiger partial charge >= 0.3 is 0 Å². The molecule has 0 bridgehead atoms. The number of nitrogens with one attached hydrogen (secondary N) is 1. The minimum Gasteiger partial charge on any atom is -0.496 e. The van der Waals surface area contributed by atoms with Gasteiger partial charge in [-0.25, -0.2) is 0 Å². The zero-order valence-corrected chi connectivity index (χ0v) is 17.4. The van der Waals surface area contributed by atoms with Gasteiger partial charge in [-0.05, 0) is 31.5 Å². The van der Waals surface area contributed by atoms with Crippen LogP contribution in [0.15, 0.2) is 48.5 Å². The highest BCUT2D eigenvalue weighted by Crippen LogP contribution is 2.44. The number of aromatic amines is 1. The predicted octanol–water partition coefficient (Wildman–Crippen LogP) is 3.27. The highest BCUT2D eigenvalue weighted by molar-refractivity contribution is 5.97. The van der Waals surface area contributed by atoms with Crippen LogP contribution >= 0.6 is 0 Å². The summed E-state index contributed by atoms with van der Waals surface area (Å²) in [6.07, 6.45) is 0.513. The molecule has 1 N–H and O–H groups in total. The Kier molecular flexibility index (Phi) is 4.31. The number of hydrogen-bond donors (Lipinski definition) is 1. The molecular weight excluding hydrogens is 378 g/mol. The maximum Gasteiger partial charge on any atom is 0.246 e. The average Bonchev–Trinajstić information content (AvgIpc) is 3.13. The van der Waals surface area contributed by atoms with Crippen LogP contribution in [-0.2, 0) is 16.0 Å². The molecule has 154 valence electrons. The van der Waals surface area contributed by atoms with E-state index in [2.05, 4.69) is 11.1 Å². The van der Waals surface area contributed by atoms with Crippen molar-refractivity contribution in [2.24, 2.45) is 0 Å². The Morgan fingerprint density at radius 1 is 1.07 bits per heavy atom. The van der Waals surface area contributed by atoms with Crippen molar-refractivity contribution in [3.63, 3.8) is 0 Å². The maximum absolute atomic E-state index is 13.4. The van der Waals surface area contributed by atoms with Crippen LogP contribution in [0, 0.1) is 0 Å². The molecule has 30 heavy (non-hydrogen) atoms. The second kappa shape index (κ2) is 6.90. The van der Waals surface area contributed by atoms with Crippen molar-refractivity contribution in [3.8, 4) is 5.75 Å². The normalized spacial score (nSPS) is 21.2. The van der Waals surface area contributed by atoms with Crippen molar-refractivity contribution in [2.75, 3.05) is 13.7 Å². The van der Waals surface area contributed by atoms with Gasteiger partial charge in [0.1, 0.15) is 24.4 Å². The van der Waals surface area contributed by atoms with E-state index in [0.29, 0.717) is 12.2 Å². The summed E-state index contributed by atoms with van der Waals surface area (Å²) in [7, 11) is 1.63. The molecule has 0 saturated carbocycles. The highest BCUT2D eigenvalue weighted by Gasteiger charge is 2.49. The molecule has 2 aliphatic heterocycles. The number of amides is 2. The quantitative estimate of drug-likeness (QED) is 0.730. The van der Waals surface area contributed by atoms with Crippen molar-refractivity contribution in [3.05, 3.63) is 65.4 Å². The van der Waals surface area contributed by atoms with Gasteiger partial charge in [0.05, 0.1) is 7.11 Å². The van der Waals surface area contributed by atoms with E-state index in [1.165, 1.54) is 0 Å². The van der Waals surface area contributed by atoms with E-state index in [1.54, 1.807) is 16.9 Å². The molecule has 0 spiro atoms. The maximum atomic E-state index is 13.4. The third-order valence-electron chi connectivity index (χ3n) is 6.35. The van der Waals surface area contributed by atoms with Gasteiger partial charge in [0.15, 0.2) is 0 Å². The first-order valence-electron chi connectivity index (χ1n) is 10.3. The molecule has 2 aliphatic rings. The Hall–Kier alpha value is -3.28. The summed E-state index contributed by atoms with van der Waals surface area (Å²) in [5, 5.41) is 1.11. The Morgan fingerprint density at radius 2 is 1.80 bits per heavy atom. The summed E-state index contributed by atoms with van der Waals surface area (Å²) in [6, 6.07) is 14.9. The van der Waals surface area contributed by atoms with Crippen molar-refractivity contribution >= 4 is 22.7 Å². The number of piperazine rings is 1. The molecule has 1 saturated heterocycles. The van der Waals surface area contributed by atoms with Crippen LogP contribution in [0.4, 0.5) is 0 Å². The molecule has 3 heterocycles. The minimum absolute atomic E-state index is 0.0143. The van der Waals surface area contributed by atoms with E-state index in [-0.39, 0.29) is 24.4 Å². The standard InChI is InChI=1S/C24H25N3O3/c1-14(2)26-13-21(28)27-19(24(26)29)12-17-15-8-4-6-10-18(15)25-22(17)23(27)16-9-5-7-11-20(16)30-3/h4-11,14,19,23,25H,12-13H2,1-3H3/t19-,23+/m0/s1. The highest BCUT2D eigenvalue weighted by atomic mass is 16.5. The van der Waals surface area contributed by atoms with Crippen molar-refractivity contribution in [1.82, 2.24) is 14.8 Å². The molecule has 1 aromatic heterocycles. The number of methoxy groups -OCH3 is 1. The Labute approximate surface area is 175 Å². The molecule has 0 radical (unpaired) electrons. The molecular formula is C24H25N3O3. The van der Waals surface area contributed by atoms with Gasteiger partial charge in [-0.15, -0.1) is 0 Å². The number of benzene rings is 2. The molecule has 3 aromatic rings. The Morgan fingerprint density at radius 3 is 2.57 bits per heavy atom. The first kappa shape index (κ1) is 18.7. The lowest BCUT2D eigenvalue weighted by atomic mass is 9.85. The Bertz CT molecular complexity index is 1150. The third-order valence-corrected chi connectivity index (χ3v) is 6.35. The molecule has 1 fully saturated rings.